The van der Waals surface area contributed by atoms with E-state index in [4.69, 9.17) is 10.2 Å². The van der Waals surface area contributed by atoms with Gasteiger partial charge < -0.3 is 10.2 Å². The summed E-state index contributed by atoms with van der Waals surface area (Å²) in [5.41, 5.74) is 0. The van der Waals surface area contributed by atoms with Crippen LogP contribution in [0.15, 0.2) is 29.2 Å². The highest BCUT2D eigenvalue weighted by atomic mass is 32.2. The van der Waals surface area contributed by atoms with Crippen LogP contribution in [-0.4, -0.2) is 29.9 Å². The van der Waals surface area contributed by atoms with Gasteiger partial charge in [-0.2, -0.15) is 0 Å². The number of benzene rings is 1. The first-order chi connectivity index (χ1) is 7.34. The van der Waals surface area contributed by atoms with E-state index in [1.54, 1.807) is 0 Å². The molecule has 0 fully saturated rings. The maximum Gasteiger partial charge on any atom is 0.304 e. The van der Waals surface area contributed by atoms with Crippen LogP contribution in [0.5, 0.6) is 5.75 Å². The third kappa shape index (κ3) is 2.73. The Balaban J connectivity index is 3.02. The molecule has 5 nitrogen and oxygen atoms in total. The predicted molar refractivity (Wildman–Crippen MR) is 57.0 cm³/mol. The second kappa shape index (κ2) is 4.52. The molecule has 1 aromatic carbocycles. The van der Waals surface area contributed by atoms with E-state index >= 15 is 0 Å². The highest BCUT2D eigenvalue weighted by Crippen LogP contribution is 2.20. The highest BCUT2D eigenvalue weighted by molar-refractivity contribution is 7.92. The number of phenols is 1. The number of carbonyl (C=O) groups is 1. The first kappa shape index (κ1) is 12.5. The molecule has 88 valence electrons. The number of phenolic OH excluding ortho intramolecular Hbond substituents is 1. The molecule has 0 amide bonds. The number of hydrogen-bond donors (Lipinski definition) is 2. The van der Waals surface area contributed by atoms with Crippen LogP contribution in [0, 0.1) is 0 Å². The van der Waals surface area contributed by atoms with Crippen molar-refractivity contribution < 1.29 is 23.4 Å². The lowest BCUT2D eigenvalue weighted by Gasteiger charge is -2.10. The molecule has 0 aliphatic rings. The Kier molecular flexibility index (Phi) is 3.54. The molecule has 0 heterocycles. The fourth-order valence-electron chi connectivity index (χ4n) is 1.22. The van der Waals surface area contributed by atoms with E-state index in [2.05, 4.69) is 0 Å². The molecule has 0 saturated heterocycles. The molecular weight excluding hydrogens is 232 g/mol. The van der Waals surface area contributed by atoms with Gasteiger partial charge in [-0.15, -0.1) is 0 Å². The van der Waals surface area contributed by atoms with Crippen molar-refractivity contribution in [2.75, 3.05) is 0 Å². The molecular formula is C10H12O5S. The van der Waals surface area contributed by atoms with Crippen LogP contribution in [0.2, 0.25) is 0 Å². The van der Waals surface area contributed by atoms with Crippen molar-refractivity contribution in [3.8, 4) is 5.75 Å². The molecule has 16 heavy (non-hydrogen) atoms. The van der Waals surface area contributed by atoms with Crippen LogP contribution < -0.4 is 0 Å². The van der Waals surface area contributed by atoms with Crippen molar-refractivity contribution in [2.24, 2.45) is 0 Å². The smallest absolute Gasteiger partial charge is 0.304 e. The minimum absolute atomic E-state index is 0.0130. The van der Waals surface area contributed by atoms with Gasteiger partial charge in [-0.1, -0.05) is 0 Å². The second-order valence-corrected chi connectivity index (χ2v) is 5.81. The Bertz CT molecular complexity index is 474. The van der Waals surface area contributed by atoms with E-state index in [1.165, 1.54) is 31.2 Å². The number of sulfone groups is 1. The summed E-state index contributed by atoms with van der Waals surface area (Å²) in [5.74, 6) is -1.19. The van der Waals surface area contributed by atoms with Gasteiger partial charge in [-0.3, -0.25) is 4.79 Å². The van der Waals surface area contributed by atoms with Gasteiger partial charge >= 0.3 is 5.97 Å². The average Bonchev–Trinajstić information content (AvgIpc) is 2.17. The third-order valence-electron chi connectivity index (χ3n) is 2.16. The molecule has 6 heteroatoms. The molecule has 0 aromatic heterocycles. The van der Waals surface area contributed by atoms with Gasteiger partial charge in [0.2, 0.25) is 0 Å². The molecule has 0 bridgehead atoms. The lowest BCUT2D eigenvalue weighted by atomic mass is 10.3. The molecule has 0 radical (unpaired) electrons. The van der Waals surface area contributed by atoms with Crippen molar-refractivity contribution in [3.05, 3.63) is 24.3 Å². The van der Waals surface area contributed by atoms with Gasteiger partial charge in [-0.25, -0.2) is 8.42 Å². The van der Waals surface area contributed by atoms with Gasteiger partial charge in [0, 0.05) is 0 Å². The van der Waals surface area contributed by atoms with E-state index < -0.39 is 27.5 Å². The number of aromatic hydroxyl groups is 1. The van der Waals surface area contributed by atoms with E-state index in [0.717, 1.165) is 0 Å². The van der Waals surface area contributed by atoms with Crippen molar-refractivity contribution in [1.82, 2.24) is 0 Å². The maximum absolute atomic E-state index is 11.8. The Morgan fingerprint density at radius 2 is 1.81 bits per heavy atom. The molecule has 0 aliphatic heterocycles. The zero-order valence-electron chi connectivity index (χ0n) is 8.62. The van der Waals surface area contributed by atoms with Gasteiger partial charge in [0.1, 0.15) is 5.75 Å². The van der Waals surface area contributed by atoms with E-state index in [1.807, 2.05) is 0 Å². The molecule has 1 unspecified atom stereocenters. The third-order valence-corrected chi connectivity index (χ3v) is 4.31. The number of hydrogen-bond acceptors (Lipinski definition) is 4. The Hall–Kier alpha value is -1.56. The number of aliphatic carboxylic acids is 1. The molecule has 0 saturated carbocycles. The monoisotopic (exact) mass is 244 g/mol. The van der Waals surface area contributed by atoms with Crippen molar-refractivity contribution >= 4 is 15.8 Å². The summed E-state index contributed by atoms with van der Waals surface area (Å²) in [5, 5.41) is 16.6. The first-order valence-electron chi connectivity index (χ1n) is 4.59. The second-order valence-electron chi connectivity index (χ2n) is 3.45. The minimum Gasteiger partial charge on any atom is -0.508 e. The topological polar surface area (TPSA) is 91.7 Å². The zero-order valence-corrected chi connectivity index (χ0v) is 9.44. The minimum atomic E-state index is -3.64. The summed E-state index contributed by atoms with van der Waals surface area (Å²) in [4.78, 5) is 10.5. The van der Waals surface area contributed by atoms with Crippen molar-refractivity contribution in [1.29, 1.82) is 0 Å². The van der Waals surface area contributed by atoms with E-state index in [0.29, 0.717) is 0 Å². The predicted octanol–water partition coefficient (Wildman–Crippen LogP) is 1.03. The standard InChI is InChI=1S/C10H12O5S/c1-7(6-10(12)13)16(14,15)9-4-2-8(11)3-5-9/h2-5,7,11H,6H2,1H3,(H,12,13). The van der Waals surface area contributed by atoms with Crippen molar-refractivity contribution in [2.45, 2.75) is 23.5 Å². The van der Waals surface area contributed by atoms with Crippen LogP contribution in [0.25, 0.3) is 0 Å². The average molecular weight is 244 g/mol. The summed E-state index contributed by atoms with van der Waals surface area (Å²) in [6.45, 7) is 1.34. The number of carboxylic acids is 1. The van der Waals surface area contributed by atoms with Gasteiger partial charge in [0.05, 0.1) is 16.6 Å². The molecule has 0 spiro atoms. The molecule has 0 aliphatic carbocycles. The van der Waals surface area contributed by atoms with Crippen LogP contribution in [-0.2, 0) is 14.6 Å². The van der Waals surface area contributed by atoms with E-state index in [-0.39, 0.29) is 10.6 Å². The van der Waals surface area contributed by atoms with Gasteiger partial charge in [0.15, 0.2) is 9.84 Å². The lowest BCUT2D eigenvalue weighted by molar-refractivity contribution is -0.136. The van der Waals surface area contributed by atoms with Crippen LogP contribution in [0.3, 0.4) is 0 Å². The fraction of sp³-hybridized carbons (Fsp3) is 0.300. The maximum atomic E-state index is 11.8. The van der Waals surface area contributed by atoms with E-state index in [9.17, 15) is 13.2 Å². The van der Waals surface area contributed by atoms with Gasteiger partial charge in [-0.05, 0) is 31.2 Å². The van der Waals surface area contributed by atoms with Crippen molar-refractivity contribution in [3.63, 3.8) is 0 Å². The molecule has 1 atom stereocenters. The Morgan fingerprint density at radius 1 is 1.31 bits per heavy atom. The highest BCUT2D eigenvalue weighted by Gasteiger charge is 2.25. The zero-order chi connectivity index (χ0) is 12.3. The number of carboxylic acid groups (broad SMARTS) is 1. The Labute approximate surface area is 93.3 Å². The molecule has 1 rings (SSSR count). The normalized spacial score (nSPS) is 13.3. The van der Waals surface area contributed by atoms with Gasteiger partial charge in [0.25, 0.3) is 0 Å². The summed E-state index contributed by atoms with van der Waals surface area (Å²) in [6, 6.07) is 5.01. The SMILES string of the molecule is CC(CC(=O)O)S(=O)(=O)c1ccc(O)cc1. The quantitative estimate of drug-likeness (QED) is 0.825. The lowest BCUT2D eigenvalue weighted by Crippen LogP contribution is -2.21. The number of rotatable bonds is 4. The molecule has 2 N–H and O–H groups in total. The summed E-state index contributed by atoms with van der Waals surface area (Å²) < 4.78 is 23.7. The summed E-state index contributed by atoms with van der Waals surface area (Å²) in [7, 11) is -3.64. The van der Waals surface area contributed by atoms with Crippen LogP contribution in [0.1, 0.15) is 13.3 Å². The fourth-order valence-corrected chi connectivity index (χ4v) is 2.57. The van der Waals surface area contributed by atoms with Crippen LogP contribution >= 0.6 is 0 Å². The molecule has 1 aromatic rings. The van der Waals surface area contributed by atoms with Crippen LogP contribution in [0.4, 0.5) is 0 Å². The largest absolute Gasteiger partial charge is 0.508 e. The first-order valence-corrected chi connectivity index (χ1v) is 6.13. The summed E-state index contributed by atoms with van der Waals surface area (Å²) in [6.07, 6.45) is -0.441. The Morgan fingerprint density at radius 3 is 2.25 bits per heavy atom. The summed E-state index contributed by atoms with van der Waals surface area (Å²) >= 11 is 0.